The molecule has 1 fully saturated rings. The summed E-state index contributed by atoms with van der Waals surface area (Å²) in [5.74, 6) is -0.0999. The molecule has 4 nitrogen and oxygen atoms in total. The van der Waals surface area contributed by atoms with E-state index in [2.05, 4.69) is 0 Å². The Morgan fingerprint density at radius 3 is 1.57 bits per heavy atom. The van der Waals surface area contributed by atoms with E-state index in [1.807, 2.05) is 12.2 Å². The van der Waals surface area contributed by atoms with E-state index in [9.17, 15) is 10.2 Å². The van der Waals surface area contributed by atoms with Gasteiger partial charge in [0.15, 0.2) is 0 Å². The fraction of sp³-hybridized carbons (Fsp3) is 0.800. The van der Waals surface area contributed by atoms with Crippen molar-refractivity contribution in [1.82, 2.24) is 0 Å². The van der Waals surface area contributed by atoms with Crippen LogP contribution >= 0.6 is 0 Å². The second kappa shape index (κ2) is 3.03. The molecule has 4 heteroatoms. The second-order valence-electron chi connectivity index (χ2n) is 4.62. The van der Waals surface area contributed by atoms with Crippen LogP contribution in [-0.2, 0) is 0 Å². The monoisotopic (exact) mass is 198 g/mol. The number of hydrogen-bond donors (Lipinski definition) is 4. The lowest BCUT2D eigenvalue weighted by Gasteiger charge is -2.52. The first kappa shape index (κ1) is 10.1. The molecule has 0 spiro atoms. The highest BCUT2D eigenvalue weighted by Gasteiger charge is 2.53. The molecule has 80 valence electrons. The third kappa shape index (κ3) is 1.22. The number of hydrogen-bond acceptors (Lipinski definition) is 4. The van der Waals surface area contributed by atoms with Crippen molar-refractivity contribution in [2.45, 2.75) is 24.0 Å². The zero-order chi connectivity index (χ0) is 10.4. The van der Waals surface area contributed by atoms with Gasteiger partial charge in [-0.1, -0.05) is 12.2 Å². The topological polar surface area (TPSA) is 92.5 Å². The van der Waals surface area contributed by atoms with Gasteiger partial charge in [-0.05, 0) is 12.8 Å². The van der Waals surface area contributed by atoms with E-state index in [4.69, 9.17) is 11.5 Å². The van der Waals surface area contributed by atoms with Gasteiger partial charge in [-0.15, -0.1) is 0 Å². The molecular formula is C10H18N2O2. The number of nitrogens with two attached hydrogens (primary N) is 2. The lowest BCUT2D eigenvalue weighted by molar-refractivity contribution is -0.131. The van der Waals surface area contributed by atoms with Gasteiger partial charge < -0.3 is 21.7 Å². The summed E-state index contributed by atoms with van der Waals surface area (Å²) in [4.78, 5) is 0. The van der Waals surface area contributed by atoms with Gasteiger partial charge in [0.2, 0.25) is 0 Å². The summed E-state index contributed by atoms with van der Waals surface area (Å²) in [6, 6.07) is 0. The zero-order valence-electron chi connectivity index (χ0n) is 8.19. The van der Waals surface area contributed by atoms with Crippen molar-refractivity contribution in [2.75, 3.05) is 13.1 Å². The molecular weight excluding hydrogens is 180 g/mol. The molecule has 3 rings (SSSR count). The molecule has 1 saturated carbocycles. The van der Waals surface area contributed by atoms with Crippen molar-refractivity contribution in [3.8, 4) is 0 Å². The van der Waals surface area contributed by atoms with Crippen molar-refractivity contribution in [3.05, 3.63) is 12.2 Å². The third-order valence-corrected chi connectivity index (χ3v) is 3.81. The molecule has 3 aliphatic rings. The standard InChI is InChI=1S/C10H18N2O2/c11-5-9(13)4-8-2-1-7(9)3-10(8,14)6-12/h1-2,7-8,13-14H,3-6,11-12H2. The fourth-order valence-corrected chi connectivity index (χ4v) is 2.68. The van der Waals surface area contributed by atoms with Crippen LogP contribution in [0.15, 0.2) is 12.2 Å². The molecule has 0 amide bonds. The number of rotatable bonds is 2. The Kier molecular flexibility index (Phi) is 2.19. The van der Waals surface area contributed by atoms with Crippen molar-refractivity contribution in [3.63, 3.8) is 0 Å². The maximum atomic E-state index is 10.2. The van der Waals surface area contributed by atoms with Gasteiger partial charge in [0, 0.05) is 24.9 Å². The Hall–Kier alpha value is -0.420. The van der Waals surface area contributed by atoms with E-state index in [0.29, 0.717) is 12.8 Å². The largest absolute Gasteiger partial charge is 0.388 e. The lowest BCUT2D eigenvalue weighted by Crippen LogP contribution is -2.61. The molecule has 0 heterocycles. The van der Waals surface area contributed by atoms with Gasteiger partial charge >= 0.3 is 0 Å². The van der Waals surface area contributed by atoms with Crippen LogP contribution in [0.3, 0.4) is 0 Å². The molecule has 4 unspecified atom stereocenters. The zero-order valence-corrected chi connectivity index (χ0v) is 8.19. The molecule has 6 N–H and O–H groups in total. The van der Waals surface area contributed by atoms with Crippen LogP contribution in [-0.4, -0.2) is 34.5 Å². The minimum absolute atomic E-state index is 0.0500. The van der Waals surface area contributed by atoms with Crippen LogP contribution in [0.5, 0.6) is 0 Å². The summed E-state index contributed by atoms with van der Waals surface area (Å²) in [6.07, 6.45) is 4.98. The van der Waals surface area contributed by atoms with E-state index in [-0.39, 0.29) is 24.9 Å². The maximum Gasteiger partial charge on any atom is 0.0839 e. The highest BCUT2D eigenvalue weighted by molar-refractivity contribution is 5.20. The summed E-state index contributed by atoms with van der Waals surface area (Å²) in [5.41, 5.74) is 9.45. The van der Waals surface area contributed by atoms with Crippen LogP contribution in [0.1, 0.15) is 12.8 Å². The van der Waals surface area contributed by atoms with Crippen LogP contribution in [0.4, 0.5) is 0 Å². The van der Waals surface area contributed by atoms with E-state index in [1.54, 1.807) is 0 Å². The maximum absolute atomic E-state index is 10.2. The summed E-state index contributed by atoms with van der Waals surface area (Å²) >= 11 is 0. The van der Waals surface area contributed by atoms with Gasteiger partial charge in [0.25, 0.3) is 0 Å². The van der Waals surface area contributed by atoms with E-state index in [1.165, 1.54) is 0 Å². The number of fused-ring (bicyclic) bond motifs is 2. The first-order valence-corrected chi connectivity index (χ1v) is 5.07. The minimum Gasteiger partial charge on any atom is -0.388 e. The van der Waals surface area contributed by atoms with Crippen LogP contribution in [0.2, 0.25) is 0 Å². The Morgan fingerprint density at radius 2 is 1.36 bits per heavy atom. The smallest absolute Gasteiger partial charge is 0.0839 e. The van der Waals surface area contributed by atoms with Crippen molar-refractivity contribution in [2.24, 2.45) is 23.3 Å². The molecule has 0 aromatic rings. The van der Waals surface area contributed by atoms with Gasteiger partial charge in [-0.2, -0.15) is 0 Å². The molecule has 4 atom stereocenters. The molecule has 0 saturated heterocycles. The highest BCUT2D eigenvalue weighted by Crippen LogP contribution is 2.47. The summed E-state index contributed by atoms with van der Waals surface area (Å²) in [7, 11) is 0. The van der Waals surface area contributed by atoms with Gasteiger partial charge in [-0.3, -0.25) is 0 Å². The molecule has 0 radical (unpaired) electrons. The SMILES string of the molecule is NCC1(O)CC2C=CC1CC2(O)CN. The molecule has 14 heavy (non-hydrogen) atoms. The van der Waals surface area contributed by atoms with E-state index >= 15 is 0 Å². The van der Waals surface area contributed by atoms with E-state index in [0.717, 1.165) is 0 Å². The molecule has 0 aromatic carbocycles. The summed E-state index contributed by atoms with van der Waals surface area (Å²) in [6.45, 7) is 0.498. The van der Waals surface area contributed by atoms with Crippen molar-refractivity contribution >= 4 is 0 Å². The van der Waals surface area contributed by atoms with Crippen LogP contribution in [0, 0.1) is 11.8 Å². The molecule has 3 aliphatic carbocycles. The molecule has 0 aromatic heterocycles. The molecule has 2 bridgehead atoms. The van der Waals surface area contributed by atoms with Crippen molar-refractivity contribution in [1.29, 1.82) is 0 Å². The van der Waals surface area contributed by atoms with Crippen molar-refractivity contribution < 1.29 is 10.2 Å². The Bertz CT molecular complexity index is 243. The summed E-state index contributed by atoms with van der Waals surface area (Å²) < 4.78 is 0. The minimum atomic E-state index is -0.833. The Morgan fingerprint density at radius 1 is 1.00 bits per heavy atom. The quantitative estimate of drug-likeness (QED) is 0.427. The predicted molar refractivity (Wildman–Crippen MR) is 53.4 cm³/mol. The van der Waals surface area contributed by atoms with Gasteiger partial charge in [-0.25, -0.2) is 0 Å². The van der Waals surface area contributed by atoms with Crippen LogP contribution in [0.25, 0.3) is 0 Å². The summed E-state index contributed by atoms with van der Waals surface area (Å²) in [5, 5.41) is 20.3. The Labute approximate surface area is 83.6 Å². The van der Waals surface area contributed by atoms with Crippen LogP contribution < -0.4 is 11.5 Å². The normalized spacial score (nSPS) is 51.1. The predicted octanol–water partition coefficient (Wildman–Crippen LogP) is -1.04. The fourth-order valence-electron chi connectivity index (χ4n) is 2.68. The average molecular weight is 198 g/mol. The first-order chi connectivity index (χ1) is 6.54. The van der Waals surface area contributed by atoms with Gasteiger partial charge in [0.1, 0.15) is 0 Å². The third-order valence-electron chi connectivity index (χ3n) is 3.81. The lowest BCUT2D eigenvalue weighted by atomic mass is 9.59. The number of aliphatic hydroxyl groups is 2. The molecule has 0 aliphatic heterocycles. The second-order valence-corrected chi connectivity index (χ2v) is 4.62. The highest BCUT2D eigenvalue weighted by atomic mass is 16.3. The van der Waals surface area contributed by atoms with E-state index < -0.39 is 11.2 Å². The van der Waals surface area contributed by atoms with Gasteiger partial charge in [0.05, 0.1) is 11.2 Å². The first-order valence-electron chi connectivity index (χ1n) is 5.07. The average Bonchev–Trinajstić information content (AvgIpc) is 2.20. The Balaban J connectivity index is 2.27.